The Morgan fingerprint density at radius 2 is 1.72 bits per heavy atom. The minimum Gasteiger partial charge on any atom is -0.371 e. The van der Waals surface area contributed by atoms with Crippen molar-refractivity contribution in [1.82, 2.24) is 0 Å². The molecule has 0 aliphatic heterocycles. The SMILES string of the molecule is CCCCN(CCCC)c1cccc(Br)c1CN. The molecule has 0 aliphatic carbocycles. The van der Waals surface area contributed by atoms with Crippen molar-refractivity contribution in [3.8, 4) is 0 Å². The summed E-state index contributed by atoms with van der Waals surface area (Å²) in [6.07, 6.45) is 4.93. The molecule has 0 unspecified atom stereocenters. The van der Waals surface area contributed by atoms with E-state index in [4.69, 9.17) is 5.73 Å². The Labute approximate surface area is 120 Å². The van der Waals surface area contributed by atoms with Crippen molar-refractivity contribution in [3.63, 3.8) is 0 Å². The summed E-state index contributed by atoms with van der Waals surface area (Å²) in [5.41, 5.74) is 8.42. The first-order valence-corrected chi connectivity index (χ1v) is 7.76. The van der Waals surface area contributed by atoms with Gasteiger partial charge in [0.05, 0.1) is 0 Å². The van der Waals surface area contributed by atoms with Crippen molar-refractivity contribution in [2.24, 2.45) is 5.73 Å². The molecule has 1 aromatic carbocycles. The number of halogens is 1. The smallest absolute Gasteiger partial charge is 0.0423 e. The minimum atomic E-state index is 0.589. The van der Waals surface area contributed by atoms with Crippen LogP contribution in [0.15, 0.2) is 22.7 Å². The van der Waals surface area contributed by atoms with Gasteiger partial charge in [-0.2, -0.15) is 0 Å². The molecule has 1 rings (SSSR count). The van der Waals surface area contributed by atoms with E-state index in [2.05, 4.69) is 52.9 Å². The van der Waals surface area contributed by atoms with E-state index in [1.165, 1.54) is 36.9 Å². The van der Waals surface area contributed by atoms with Crippen molar-refractivity contribution in [2.45, 2.75) is 46.1 Å². The van der Waals surface area contributed by atoms with Crippen LogP contribution in [-0.2, 0) is 6.54 Å². The summed E-state index contributed by atoms with van der Waals surface area (Å²) in [5, 5.41) is 0. The van der Waals surface area contributed by atoms with Gasteiger partial charge >= 0.3 is 0 Å². The Bertz CT molecular complexity index is 344. The molecule has 0 heterocycles. The summed E-state index contributed by atoms with van der Waals surface area (Å²) in [6, 6.07) is 6.37. The van der Waals surface area contributed by atoms with E-state index in [0.717, 1.165) is 17.6 Å². The predicted molar refractivity (Wildman–Crippen MR) is 84.1 cm³/mol. The molecule has 0 radical (unpaired) electrons. The maximum absolute atomic E-state index is 5.89. The average molecular weight is 313 g/mol. The molecule has 3 heteroatoms. The summed E-state index contributed by atoms with van der Waals surface area (Å²) in [4.78, 5) is 2.49. The minimum absolute atomic E-state index is 0.589. The van der Waals surface area contributed by atoms with Crippen molar-refractivity contribution in [3.05, 3.63) is 28.2 Å². The number of nitrogens with zero attached hydrogens (tertiary/aromatic N) is 1. The Morgan fingerprint density at radius 1 is 1.11 bits per heavy atom. The summed E-state index contributed by atoms with van der Waals surface area (Å²) < 4.78 is 1.13. The van der Waals surface area contributed by atoms with Crippen molar-refractivity contribution in [2.75, 3.05) is 18.0 Å². The highest BCUT2D eigenvalue weighted by Gasteiger charge is 2.11. The summed E-state index contributed by atoms with van der Waals surface area (Å²) in [7, 11) is 0. The zero-order valence-corrected chi connectivity index (χ0v) is 13.2. The van der Waals surface area contributed by atoms with Gasteiger partial charge in [0.25, 0.3) is 0 Å². The monoisotopic (exact) mass is 312 g/mol. The second-order valence-electron chi connectivity index (χ2n) is 4.64. The second kappa shape index (κ2) is 8.54. The van der Waals surface area contributed by atoms with Gasteiger partial charge in [0, 0.05) is 35.4 Å². The van der Waals surface area contributed by atoms with Gasteiger partial charge in [-0.3, -0.25) is 0 Å². The van der Waals surface area contributed by atoms with Crippen LogP contribution < -0.4 is 10.6 Å². The quantitative estimate of drug-likeness (QED) is 0.774. The van der Waals surface area contributed by atoms with Crippen LogP contribution in [-0.4, -0.2) is 13.1 Å². The number of anilines is 1. The lowest BCUT2D eigenvalue weighted by atomic mass is 10.1. The van der Waals surface area contributed by atoms with Gasteiger partial charge in [0.15, 0.2) is 0 Å². The number of hydrogen-bond acceptors (Lipinski definition) is 2. The molecule has 0 amide bonds. The fraction of sp³-hybridized carbons (Fsp3) is 0.600. The van der Waals surface area contributed by atoms with Crippen LogP contribution >= 0.6 is 15.9 Å². The number of hydrogen-bond donors (Lipinski definition) is 1. The van der Waals surface area contributed by atoms with Crippen molar-refractivity contribution >= 4 is 21.6 Å². The van der Waals surface area contributed by atoms with E-state index >= 15 is 0 Å². The zero-order chi connectivity index (χ0) is 13.4. The van der Waals surface area contributed by atoms with Crippen molar-refractivity contribution in [1.29, 1.82) is 0 Å². The molecule has 0 saturated heterocycles. The summed E-state index contributed by atoms with van der Waals surface area (Å²) in [6.45, 7) is 7.32. The zero-order valence-electron chi connectivity index (χ0n) is 11.6. The van der Waals surface area contributed by atoms with E-state index in [1.807, 2.05) is 0 Å². The normalized spacial score (nSPS) is 10.7. The fourth-order valence-electron chi connectivity index (χ4n) is 2.10. The maximum Gasteiger partial charge on any atom is 0.0423 e. The molecule has 2 N–H and O–H groups in total. The second-order valence-corrected chi connectivity index (χ2v) is 5.49. The van der Waals surface area contributed by atoms with Gasteiger partial charge < -0.3 is 10.6 Å². The lowest BCUT2D eigenvalue weighted by Crippen LogP contribution is -2.27. The molecular weight excluding hydrogens is 288 g/mol. The fourth-order valence-corrected chi connectivity index (χ4v) is 2.61. The van der Waals surface area contributed by atoms with E-state index < -0.39 is 0 Å². The van der Waals surface area contributed by atoms with E-state index in [-0.39, 0.29) is 0 Å². The standard InChI is InChI=1S/C15H25BrN2/c1-3-5-10-18(11-6-4-2)15-9-7-8-14(16)13(15)12-17/h7-9H,3-6,10-12,17H2,1-2H3. The highest BCUT2D eigenvalue weighted by atomic mass is 79.9. The number of nitrogens with two attached hydrogens (primary N) is 1. The van der Waals surface area contributed by atoms with Crippen molar-refractivity contribution < 1.29 is 0 Å². The highest BCUT2D eigenvalue weighted by Crippen LogP contribution is 2.28. The largest absolute Gasteiger partial charge is 0.371 e. The molecule has 0 spiro atoms. The van der Waals surface area contributed by atoms with Gasteiger partial charge in [-0.05, 0) is 25.0 Å². The van der Waals surface area contributed by atoms with Gasteiger partial charge in [-0.15, -0.1) is 0 Å². The van der Waals surface area contributed by atoms with Crippen LogP contribution in [0.4, 0.5) is 5.69 Å². The predicted octanol–water partition coefficient (Wildman–Crippen LogP) is 4.31. The molecular formula is C15H25BrN2. The van der Waals surface area contributed by atoms with Crippen LogP contribution in [0.3, 0.4) is 0 Å². The van der Waals surface area contributed by atoms with Gasteiger partial charge in [-0.1, -0.05) is 48.7 Å². The first-order valence-electron chi connectivity index (χ1n) is 6.97. The molecule has 0 saturated carbocycles. The Kier molecular flexibility index (Phi) is 7.36. The average Bonchev–Trinajstić information content (AvgIpc) is 2.39. The molecule has 2 nitrogen and oxygen atoms in total. The van der Waals surface area contributed by atoms with E-state index in [0.29, 0.717) is 6.54 Å². The number of unbranched alkanes of at least 4 members (excludes halogenated alkanes) is 2. The van der Waals surface area contributed by atoms with Crippen LogP contribution in [0.2, 0.25) is 0 Å². The third-order valence-electron chi connectivity index (χ3n) is 3.20. The molecule has 0 atom stereocenters. The maximum atomic E-state index is 5.89. The first-order chi connectivity index (χ1) is 8.74. The Hall–Kier alpha value is -0.540. The molecule has 0 fully saturated rings. The topological polar surface area (TPSA) is 29.3 Å². The molecule has 102 valence electrons. The summed E-state index contributed by atoms with van der Waals surface area (Å²) in [5.74, 6) is 0. The lowest BCUT2D eigenvalue weighted by Gasteiger charge is -2.27. The third-order valence-corrected chi connectivity index (χ3v) is 3.95. The van der Waals surface area contributed by atoms with Crippen LogP contribution in [0.25, 0.3) is 0 Å². The molecule has 0 aromatic heterocycles. The Morgan fingerprint density at radius 3 is 2.22 bits per heavy atom. The number of benzene rings is 1. The lowest BCUT2D eigenvalue weighted by molar-refractivity contribution is 0.675. The summed E-state index contributed by atoms with van der Waals surface area (Å²) >= 11 is 3.61. The van der Waals surface area contributed by atoms with Gasteiger partial charge in [0.2, 0.25) is 0 Å². The highest BCUT2D eigenvalue weighted by molar-refractivity contribution is 9.10. The third kappa shape index (κ3) is 4.29. The van der Waals surface area contributed by atoms with Gasteiger partial charge in [0.1, 0.15) is 0 Å². The van der Waals surface area contributed by atoms with Crippen LogP contribution in [0.1, 0.15) is 45.1 Å². The molecule has 18 heavy (non-hydrogen) atoms. The van der Waals surface area contributed by atoms with Gasteiger partial charge in [-0.25, -0.2) is 0 Å². The molecule has 0 aliphatic rings. The van der Waals surface area contributed by atoms with E-state index in [9.17, 15) is 0 Å². The van der Waals surface area contributed by atoms with Crippen LogP contribution in [0.5, 0.6) is 0 Å². The van der Waals surface area contributed by atoms with Crippen LogP contribution in [0, 0.1) is 0 Å². The number of rotatable bonds is 8. The molecule has 0 bridgehead atoms. The van der Waals surface area contributed by atoms with E-state index in [1.54, 1.807) is 0 Å². The molecule has 1 aromatic rings. The first kappa shape index (κ1) is 15.5. The Balaban J connectivity index is 2.91.